The molecule has 0 unspecified atom stereocenters. The molecular formula is C4H5NO4. The lowest BCUT2D eigenvalue weighted by atomic mass is 11.1. The Labute approximate surface area is 51.3 Å². The molecule has 0 rings (SSSR count). The second kappa shape index (κ2) is 4.76. The molecule has 0 bridgehead atoms. The van der Waals surface area contributed by atoms with Crippen molar-refractivity contribution in [2.24, 2.45) is 4.99 Å². The first-order valence-corrected chi connectivity index (χ1v) is 2.01. The summed E-state index contributed by atoms with van der Waals surface area (Å²) in [4.78, 5) is 22.5. The van der Waals surface area contributed by atoms with Crippen LogP contribution in [0.25, 0.3) is 0 Å². The van der Waals surface area contributed by atoms with Gasteiger partial charge in [0.05, 0.1) is 7.11 Å². The molecule has 5 nitrogen and oxygen atoms in total. The average molecular weight is 131 g/mol. The van der Waals surface area contributed by atoms with Crippen molar-refractivity contribution < 1.29 is 19.1 Å². The van der Waals surface area contributed by atoms with Crippen LogP contribution < -0.4 is 0 Å². The normalized spacial score (nSPS) is 9.00. The molecule has 0 N–H and O–H groups in total. The predicted molar refractivity (Wildman–Crippen MR) is 28.0 cm³/mol. The number of ether oxygens (including phenoxy) is 2. The largest absolute Gasteiger partial charge is 0.451 e. The minimum absolute atomic E-state index is 0.145. The van der Waals surface area contributed by atoms with Crippen LogP contribution in [0.15, 0.2) is 4.99 Å². The van der Waals surface area contributed by atoms with Crippen molar-refractivity contribution in [3.05, 3.63) is 0 Å². The first kappa shape index (κ1) is 7.61. The van der Waals surface area contributed by atoms with E-state index < -0.39 is 6.09 Å². The number of hydrogen-bond acceptors (Lipinski definition) is 4. The highest BCUT2D eigenvalue weighted by Crippen LogP contribution is 1.75. The molecule has 0 radical (unpaired) electrons. The highest BCUT2D eigenvalue weighted by atomic mass is 16.5. The summed E-state index contributed by atoms with van der Waals surface area (Å²) in [5.41, 5.74) is 0. The Kier molecular flexibility index (Phi) is 4.03. The van der Waals surface area contributed by atoms with Crippen molar-refractivity contribution >= 4 is 19.0 Å². The van der Waals surface area contributed by atoms with Crippen molar-refractivity contribution in [1.82, 2.24) is 0 Å². The third-order valence-corrected chi connectivity index (χ3v) is 0.449. The van der Waals surface area contributed by atoms with E-state index in [-0.39, 0.29) is 6.47 Å². The van der Waals surface area contributed by atoms with Gasteiger partial charge in [-0.3, -0.25) is 4.79 Å². The van der Waals surface area contributed by atoms with Crippen molar-refractivity contribution in [3.63, 3.8) is 0 Å². The molecule has 0 saturated heterocycles. The highest BCUT2D eigenvalue weighted by molar-refractivity contribution is 5.78. The monoisotopic (exact) mass is 131 g/mol. The van der Waals surface area contributed by atoms with Crippen LogP contribution in [-0.4, -0.2) is 26.1 Å². The zero-order chi connectivity index (χ0) is 7.11. The van der Waals surface area contributed by atoms with Gasteiger partial charge in [0, 0.05) is 0 Å². The topological polar surface area (TPSA) is 65.0 Å². The molecule has 0 aromatic rings. The van der Waals surface area contributed by atoms with E-state index in [2.05, 4.69) is 14.5 Å². The third kappa shape index (κ3) is 4.46. The molecule has 0 saturated carbocycles. The van der Waals surface area contributed by atoms with Gasteiger partial charge in [0.15, 0.2) is 6.40 Å². The molecule has 0 aliphatic carbocycles. The molecule has 0 aliphatic rings. The molecule has 0 aromatic heterocycles. The highest BCUT2D eigenvalue weighted by Gasteiger charge is 1.88. The maximum Gasteiger partial charge on any atom is 0.436 e. The lowest BCUT2D eigenvalue weighted by Crippen LogP contribution is -1.93. The van der Waals surface area contributed by atoms with Crippen molar-refractivity contribution in [3.8, 4) is 0 Å². The maximum atomic E-state index is 10.1. The van der Waals surface area contributed by atoms with Gasteiger partial charge in [-0.1, -0.05) is 0 Å². The van der Waals surface area contributed by atoms with Crippen LogP contribution in [0.4, 0.5) is 4.79 Å². The molecule has 9 heavy (non-hydrogen) atoms. The van der Waals surface area contributed by atoms with Crippen LogP contribution in [0, 0.1) is 0 Å². The first-order chi connectivity index (χ1) is 4.31. The SMILES string of the molecule is COC(=O)N=COC=O. The van der Waals surface area contributed by atoms with Gasteiger partial charge in [-0.05, 0) is 0 Å². The fraction of sp³-hybridized carbons (Fsp3) is 0.250. The summed E-state index contributed by atoms with van der Waals surface area (Å²) in [5.74, 6) is 0. The average Bonchev–Trinajstić information content (AvgIpc) is 1.89. The summed E-state index contributed by atoms with van der Waals surface area (Å²) in [6, 6.07) is 0. The molecule has 0 aliphatic heterocycles. The van der Waals surface area contributed by atoms with E-state index >= 15 is 0 Å². The van der Waals surface area contributed by atoms with Gasteiger partial charge in [0.2, 0.25) is 0 Å². The molecule has 0 fully saturated rings. The van der Waals surface area contributed by atoms with Crippen LogP contribution in [0.3, 0.4) is 0 Å². The zero-order valence-electron chi connectivity index (χ0n) is 4.73. The predicted octanol–water partition coefficient (Wildman–Crippen LogP) is -0.0459. The van der Waals surface area contributed by atoms with Crippen molar-refractivity contribution in [1.29, 1.82) is 0 Å². The molecule has 1 amide bonds. The van der Waals surface area contributed by atoms with Gasteiger partial charge < -0.3 is 9.47 Å². The maximum absolute atomic E-state index is 10.1. The number of nitrogens with zero attached hydrogens (tertiary/aromatic N) is 1. The third-order valence-electron chi connectivity index (χ3n) is 0.449. The Morgan fingerprint density at radius 1 is 1.67 bits per heavy atom. The summed E-state index contributed by atoms with van der Waals surface area (Å²) >= 11 is 0. The quantitative estimate of drug-likeness (QED) is 0.299. The lowest BCUT2D eigenvalue weighted by molar-refractivity contribution is -0.121. The van der Waals surface area contributed by atoms with Crippen LogP contribution in [0.1, 0.15) is 0 Å². The fourth-order valence-corrected chi connectivity index (χ4v) is 0.151. The van der Waals surface area contributed by atoms with E-state index in [1.165, 1.54) is 7.11 Å². The Balaban J connectivity index is 3.43. The van der Waals surface area contributed by atoms with Crippen LogP contribution in [-0.2, 0) is 14.3 Å². The number of amides is 1. The molecule has 0 heterocycles. The van der Waals surface area contributed by atoms with E-state index in [9.17, 15) is 9.59 Å². The van der Waals surface area contributed by atoms with Crippen molar-refractivity contribution in [2.75, 3.05) is 7.11 Å². The minimum Gasteiger partial charge on any atom is -0.451 e. The minimum atomic E-state index is -0.808. The van der Waals surface area contributed by atoms with Crippen LogP contribution >= 0.6 is 0 Å². The van der Waals surface area contributed by atoms with Crippen LogP contribution in [0.5, 0.6) is 0 Å². The van der Waals surface area contributed by atoms with Gasteiger partial charge in [-0.15, -0.1) is 4.99 Å². The summed E-state index contributed by atoms with van der Waals surface area (Å²) in [7, 11) is 1.17. The summed E-state index contributed by atoms with van der Waals surface area (Å²) in [6.07, 6.45) is -0.115. The molecule has 0 aromatic carbocycles. The molecule has 5 heteroatoms. The van der Waals surface area contributed by atoms with Gasteiger partial charge in [-0.2, -0.15) is 0 Å². The fourth-order valence-electron chi connectivity index (χ4n) is 0.151. The van der Waals surface area contributed by atoms with Crippen molar-refractivity contribution in [2.45, 2.75) is 0 Å². The number of aliphatic imine (C=N–C) groups is 1. The Morgan fingerprint density at radius 3 is 2.78 bits per heavy atom. The Morgan fingerprint density at radius 2 is 2.33 bits per heavy atom. The summed E-state index contributed by atoms with van der Waals surface area (Å²) in [6.45, 7) is 0.145. The van der Waals surface area contributed by atoms with E-state index in [4.69, 9.17) is 0 Å². The van der Waals surface area contributed by atoms with Gasteiger partial charge >= 0.3 is 6.09 Å². The number of carbonyl (C=O) groups excluding carboxylic acids is 2. The van der Waals surface area contributed by atoms with E-state index in [0.717, 1.165) is 0 Å². The number of carbonyl (C=O) groups is 2. The van der Waals surface area contributed by atoms with Gasteiger partial charge in [0.1, 0.15) is 0 Å². The van der Waals surface area contributed by atoms with E-state index in [1.807, 2.05) is 0 Å². The lowest BCUT2D eigenvalue weighted by Gasteiger charge is -1.85. The molecule has 50 valence electrons. The van der Waals surface area contributed by atoms with Gasteiger partial charge in [0.25, 0.3) is 6.47 Å². The zero-order valence-corrected chi connectivity index (χ0v) is 4.73. The van der Waals surface area contributed by atoms with E-state index in [0.29, 0.717) is 6.40 Å². The smallest absolute Gasteiger partial charge is 0.436 e. The molecule has 0 spiro atoms. The standard InChI is InChI=1S/C4H5NO4/c1-8-4(7)5-2-9-3-6/h2-3H,1H3. The second-order valence-corrected chi connectivity index (χ2v) is 0.937. The molecular weight excluding hydrogens is 126 g/mol. The van der Waals surface area contributed by atoms with E-state index in [1.54, 1.807) is 0 Å². The second-order valence-electron chi connectivity index (χ2n) is 0.937. The molecule has 0 atom stereocenters. The summed E-state index contributed by atoms with van der Waals surface area (Å²) in [5, 5.41) is 0. The number of methoxy groups -OCH3 is 1. The first-order valence-electron chi connectivity index (χ1n) is 2.01. The number of hydrogen-bond donors (Lipinski definition) is 0. The Bertz CT molecular complexity index is 131. The number of rotatable bonds is 2. The summed E-state index contributed by atoms with van der Waals surface area (Å²) < 4.78 is 8.00. The van der Waals surface area contributed by atoms with Gasteiger partial charge in [-0.25, -0.2) is 4.79 Å². The Hall–Kier alpha value is -1.39. The van der Waals surface area contributed by atoms with Crippen LogP contribution in [0.2, 0.25) is 0 Å².